The second kappa shape index (κ2) is 9.32. The molecule has 6 nitrogen and oxygen atoms in total. The Morgan fingerprint density at radius 2 is 1.35 bits per heavy atom. The number of sulfonamides is 1. The molecule has 2 aliphatic rings. The number of terminal acetylenes is 1. The lowest BCUT2D eigenvalue weighted by atomic mass is 9.95. The highest BCUT2D eigenvalue weighted by Gasteiger charge is 2.35. The summed E-state index contributed by atoms with van der Waals surface area (Å²) in [6.07, 6.45) is 7.02. The first kappa shape index (κ1) is 23.8. The maximum absolute atomic E-state index is 13.5. The highest BCUT2D eigenvalue weighted by molar-refractivity contribution is 7.89. The zero-order chi connectivity index (χ0) is 22.9. The van der Waals surface area contributed by atoms with Gasteiger partial charge >= 0.3 is 0 Å². The number of hydrogen-bond acceptors (Lipinski definition) is 4. The highest BCUT2D eigenvalue weighted by Crippen LogP contribution is 2.32. The molecule has 0 N–H and O–H groups in total. The number of benzene rings is 1. The maximum Gasteiger partial charge on any atom is 0.243 e. The molecule has 7 heteroatoms. The summed E-state index contributed by atoms with van der Waals surface area (Å²) in [6.45, 7) is 13.7. The minimum absolute atomic E-state index is 0.0177. The molecule has 2 fully saturated rings. The smallest absolute Gasteiger partial charge is 0.243 e. The molecule has 2 heterocycles. The molecule has 1 amide bonds. The van der Waals surface area contributed by atoms with Gasteiger partial charge in [-0.15, -0.1) is 6.42 Å². The minimum Gasteiger partial charge on any atom is -0.340 e. The molecule has 0 spiro atoms. The van der Waals surface area contributed by atoms with Gasteiger partial charge in [-0.25, -0.2) is 8.42 Å². The molecule has 0 bridgehead atoms. The zero-order valence-corrected chi connectivity index (χ0v) is 20.3. The van der Waals surface area contributed by atoms with Gasteiger partial charge in [0, 0.05) is 32.1 Å². The van der Waals surface area contributed by atoms with Crippen molar-refractivity contribution in [1.82, 2.24) is 14.1 Å². The third-order valence-corrected chi connectivity index (χ3v) is 9.50. The Kier molecular flexibility index (Phi) is 7.14. The van der Waals surface area contributed by atoms with Gasteiger partial charge in [-0.3, -0.25) is 9.69 Å². The van der Waals surface area contributed by atoms with Crippen LogP contribution in [0.2, 0.25) is 0 Å². The van der Waals surface area contributed by atoms with E-state index in [0.717, 1.165) is 53.7 Å². The normalized spacial score (nSPS) is 19.4. The van der Waals surface area contributed by atoms with Gasteiger partial charge in [-0.2, -0.15) is 4.31 Å². The quantitative estimate of drug-likeness (QED) is 0.668. The van der Waals surface area contributed by atoms with Gasteiger partial charge in [0.05, 0.1) is 11.4 Å². The predicted molar refractivity (Wildman–Crippen MR) is 123 cm³/mol. The van der Waals surface area contributed by atoms with Gasteiger partial charge in [-0.05, 0) is 88.4 Å². The van der Waals surface area contributed by atoms with E-state index >= 15 is 0 Å². The number of rotatable bonds is 4. The summed E-state index contributed by atoms with van der Waals surface area (Å²) in [5.74, 6) is 2.84. The van der Waals surface area contributed by atoms with E-state index in [1.807, 2.05) is 39.5 Å². The van der Waals surface area contributed by atoms with Crippen molar-refractivity contribution in [2.75, 3.05) is 45.8 Å². The number of nitrogens with zero attached hydrogens (tertiary/aromatic N) is 3. The van der Waals surface area contributed by atoms with Crippen LogP contribution in [0.5, 0.6) is 0 Å². The van der Waals surface area contributed by atoms with Crippen LogP contribution in [0.25, 0.3) is 0 Å². The van der Waals surface area contributed by atoms with Crippen molar-refractivity contribution in [3.05, 3.63) is 27.8 Å². The van der Waals surface area contributed by atoms with Crippen LogP contribution in [0.1, 0.15) is 40.7 Å². The van der Waals surface area contributed by atoms with Gasteiger partial charge in [0.2, 0.25) is 15.9 Å². The molecule has 2 aliphatic heterocycles. The van der Waals surface area contributed by atoms with E-state index in [1.54, 1.807) is 4.31 Å². The average molecular weight is 446 g/mol. The Morgan fingerprint density at radius 3 is 1.84 bits per heavy atom. The molecule has 2 saturated heterocycles. The average Bonchev–Trinajstić information content (AvgIpc) is 2.76. The minimum atomic E-state index is -3.60. The monoisotopic (exact) mass is 445 g/mol. The van der Waals surface area contributed by atoms with Crippen LogP contribution in [-0.4, -0.2) is 74.2 Å². The molecular formula is C24H35N3O3S. The van der Waals surface area contributed by atoms with E-state index in [0.29, 0.717) is 37.6 Å². The fraction of sp³-hybridized carbons (Fsp3) is 0.625. The van der Waals surface area contributed by atoms with E-state index in [9.17, 15) is 13.2 Å². The Morgan fingerprint density at radius 1 is 0.871 bits per heavy atom. The fourth-order valence-electron chi connectivity index (χ4n) is 4.86. The van der Waals surface area contributed by atoms with Crippen molar-refractivity contribution >= 4 is 15.9 Å². The number of piperidine rings is 1. The Hall–Kier alpha value is -1.88. The number of likely N-dealkylation sites (tertiary alicyclic amines) is 1. The molecule has 0 saturated carbocycles. The van der Waals surface area contributed by atoms with Gasteiger partial charge in [-0.1, -0.05) is 5.92 Å². The standard InChI is InChI=1S/C24H35N3O3S/c1-7-10-25-11-8-22(9-12-25)24(28)26-13-15-27(16-14-26)31(29,30)23-20(5)18(3)17(2)19(4)21(23)6/h1,22H,8-16H2,2-6H3. The van der Waals surface area contributed by atoms with Crippen molar-refractivity contribution in [1.29, 1.82) is 0 Å². The maximum atomic E-state index is 13.5. The summed E-state index contributed by atoms with van der Waals surface area (Å²) < 4.78 is 28.6. The van der Waals surface area contributed by atoms with Crippen molar-refractivity contribution in [2.45, 2.75) is 52.4 Å². The summed E-state index contributed by atoms with van der Waals surface area (Å²) in [5.41, 5.74) is 4.88. The molecule has 170 valence electrons. The van der Waals surface area contributed by atoms with Gasteiger partial charge in [0.1, 0.15) is 0 Å². The molecule has 1 aromatic carbocycles. The second-order valence-corrected chi connectivity index (χ2v) is 10.8. The van der Waals surface area contributed by atoms with Crippen molar-refractivity contribution in [2.24, 2.45) is 5.92 Å². The second-order valence-electron chi connectivity index (χ2n) is 8.94. The first-order valence-corrected chi connectivity index (χ1v) is 12.5. The first-order valence-electron chi connectivity index (χ1n) is 11.1. The van der Waals surface area contributed by atoms with Gasteiger partial charge in [0.25, 0.3) is 0 Å². The zero-order valence-electron chi connectivity index (χ0n) is 19.5. The lowest BCUT2D eigenvalue weighted by Crippen LogP contribution is -2.53. The number of carbonyl (C=O) groups is 1. The predicted octanol–water partition coefficient (Wildman–Crippen LogP) is 2.41. The fourth-order valence-corrected chi connectivity index (χ4v) is 6.84. The molecule has 3 rings (SSSR count). The van der Waals surface area contributed by atoms with Crippen LogP contribution in [0.3, 0.4) is 0 Å². The molecule has 1 aromatic rings. The SMILES string of the molecule is C#CCN1CCC(C(=O)N2CCN(S(=O)(=O)c3c(C)c(C)c(C)c(C)c3C)CC2)CC1. The van der Waals surface area contributed by atoms with Crippen molar-refractivity contribution in [3.63, 3.8) is 0 Å². The molecular weight excluding hydrogens is 410 g/mol. The van der Waals surface area contributed by atoms with E-state index in [1.165, 1.54) is 0 Å². The third-order valence-electron chi connectivity index (χ3n) is 7.33. The lowest BCUT2D eigenvalue weighted by molar-refractivity contribution is -0.138. The van der Waals surface area contributed by atoms with Gasteiger partial charge in [0.15, 0.2) is 0 Å². The molecule has 0 atom stereocenters. The molecule has 31 heavy (non-hydrogen) atoms. The van der Waals surface area contributed by atoms with E-state index < -0.39 is 10.0 Å². The number of amides is 1. The molecule has 0 aromatic heterocycles. The number of hydrogen-bond donors (Lipinski definition) is 0. The third kappa shape index (κ3) is 4.52. The lowest BCUT2D eigenvalue weighted by Gasteiger charge is -2.38. The summed E-state index contributed by atoms with van der Waals surface area (Å²) in [4.78, 5) is 17.5. The number of piperazine rings is 1. The van der Waals surface area contributed by atoms with Crippen LogP contribution >= 0.6 is 0 Å². The summed E-state index contributed by atoms with van der Waals surface area (Å²) in [7, 11) is -3.60. The van der Waals surface area contributed by atoms with Crippen LogP contribution in [-0.2, 0) is 14.8 Å². The highest BCUT2D eigenvalue weighted by atomic mass is 32.2. The Balaban J connectivity index is 1.69. The van der Waals surface area contributed by atoms with Crippen molar-refractivity contribution in [3.8, 4) is 12.3 Å². The summed E-state index contributed by atoms with van der Waals surface area (Å²) in [6, 6.07) is 0. The first-order chi connectivity index (χ1) is 14.6. The Bertz CT molecular complexity index is 965. The van der Waals surface area contributed by atoms with Crippen LogP contribution < -0.4 is 0 Å². The van der Waals surface area contributed by atoms with Crippen LogP contribution in [0.4, 0.5) is 0 Å². The summed E-state index contributed by atoms with van der Waals surface area (Å²) >= 11 is 0. The molecule has 0 radical (unpaired) electrons. The van der Waals surface area contributed by atoms with E-state index in [-0.39, 0.29) is 11.8 Å². The topological polar surface area (TPSA) is 60.9 Å². The summed E-state index contributed by atoms with van der Waals surface area (Å²) in [5, 5.41) is 0. The van der Waals surface area contributed by atoms with Crippen LogP contribution in [0.15, 0.2) is 4.90 Å². The number of carbonyl (C=O) groups excluding carboxylic acids is 1. The largest absolute Gasteiger partial charge is 0.340 e. The molecule has 0 aliphatic carbocycles. The van der Waals surface area contributed by atoms with Crippen LogP contribution in [0, 0.1) is 52.9 Å². The Labute approximate surface area is 187 Å². The molecule has 0 unspecified atom stereocenters. The van der Waals surface area contributed by atoms with E-state index in [2.05, 4.69) is 10.8 Å². The van der Waals surface area contributed by atoms with Crippen molar-refractivity contribution < 1.29 is 13.2 Å². The van der Waals surface area contributed by atoms with E-state index in [4.69, 9.17) is 6.42 Å². The van der Waals surface area contributed by atoms with Gasteiger partial charge < -0.3 is 4.90 Å².